The van der Waals surface area contributed by atoms with Gasteiger partial charge in [-0.1, -0.05) is 48.5 Å². The predicted molar refractivity (Wildman–Crippen MR) is 122 cm³/mol. The molecule has 3 aromatic rings. The van der Waals surface area contributed by atoms with Crippen molar-refractivity contribution in [3.8, 4) is 5.75 Å². The molecule has 5 rings (SSSR count). The van der Waals surface area contributed by atoms with Gasteiger partial charge in [-0.15, -0.1) is 0 Å². The third-order valence-corrected chi connectivity index (χ3v) is 6.50. The molecule has 168 valence electrons. The van der Waals surface area contributed by atoms with Crippen molar-refractivity contribution in [2.75, 3.05) is 6.54 Å². The van der Waals surface area contributed by atoms with Gasteiger partial charge in [0, 0.05) is 50.3 Å². The zero-order chi connectivity index (χ0) is 22.7. The molecule has 2 atom stereocenters. The number of rotatable bonds is 4. The highest BCUT2D eigenvalue weighted by Gasteiger charge is 2.43. The fourth-order valence-corrected chi connectivity index (χ4v) is 4.75. The maximum absolute atomic E-state index is 12.9. The first-order valence-electron chi connectivity index (χ1n) is 11.3. The Balaban J connectivity index is 1.37. The molecule has 2 aliphatic heterocycles. The number of likely N-dealkylation sites (tertiary alicyclic amines) is 1. The number of carbonyl (C=O) groups excluding carboxylic acids is 2. The fourth-order valence-electron chi connectivity index (χ4n) is 4.75. The van der Waals surface area contributed by atoms with Crippen molar-refractivity contribution in [1.29, 1.82) is 0 Å². The lowest BCUT2D eigenvalue weighted by Gasteiger charge is -2.42. The smallest absolute Gasteiger partial charge is 0.271 e. The summed E-state index contributed by atoms with van der Waals surface area (Å²) in [4.78, 5) is 35.8. The van der Waals surface area contributed by atoms with Crippen molar-refractivity contribution in [2.45, 2.75) is 43.9 Å². The van der Waals surface area contributed by atoms with E-state index in [1.807, 2.05) is 59.5 Å². The van der Waals surface area contributed by atoms with Crippen LogP contribution in [0.2, 0.25) is 0 Å². The van der Waals surface area contributed by atoms with Crippen LogP contribution in [0.25, 0.3) is 0 Å². The van der Waals surface area contributed by atoms with Crippen LogP contribution in [0.15, 0.2) is 73.2 Å². The SMILES string of the molecule is O=C(N[C@@H]1C[C@@]2(CCC(=O)N(Cc3ccccc3)CC2)Oc2ccccc21)c1cnccn1. The van der Waals surface area contributed by atoms with Gasteiger partial charge in [-0.05, 0) is 18.1 Å². The monoisotopic (exact) mass is 442 g/mol. The number of ether oxygens (including phenoxy) is 1. The minimum Gasteiger partial charge on any atom is -0.487 e. The predicted octanol–water partition coefficient (Wildman–Crippen LogP) is 3.68. The number of carbonyl (C=O) groups is 2. The highest BCUT2D eigenvalue weighted by atomic mass is 16.5. The summed E-state index contributed by atoms with van der Waals surface area (Å²) in [7, 11) is 0. The number of hydrogen-bond donors (Lipinski definition) is 1. The molecule has 7 nitrogen and oxygen atoms in total. The average molecular weight is 443 g/mol. The van der Waals surface area contributed by atoms with Crippen LogP contribution in [0.3, 0.4) is 0 Å². The van der Waals surface area contributed by atoms with Gasteiger partial charge in [0.15, 0.2) is 0 Å². The summed E-state index contributed by atoms with van der Waals surface area (Å²) in [5, 5.41) is 3.13. The molecular weight excluding hydrogens is 416 g/mol. The van der Waals surface area contributed by atoms with Crippen LogP contribution >= 0.6 is 0 Å². The molecule has 0 unspecified atom stereocenters. The maximum Gasteiger partial charge on any atom is 0.271 e. The second kappa shape index (κ2) is 9.02. The Morgan fingerprint density at radius 2 is 1.91 bits per heavy atom. The van der Waals surface area contributed by atoms with Crippen molar-refractivity contribution in [1.82, 2.24) is 20.2 Å². The molecule has 2 amide bonds. The minimum absolute atomic E-state index is 0.137. The zero-order valence-corrected chi connectivity index (χ0v) is 18.3. The first-order valence-corrected chi connectivity index (χ1v) is 11.3. The molecule has 0 radical (unpaired) electrons. The number of fused-ring (bicyclic) bond motifs is 1. The maximum atomic E-state index is 12.9. The molecule has 7 heteroatoms. The number of benzene rings is 2. The molecule has 33 heavy (non-hydrogen) atoms. The quantitative estimate of drug-likeness (QED) is 0.666. The molecular formula is C26H26N4O3. The van der Waals surface area contributed by atoms with Crippen LogP contribution < -0.4 is 10.1 Å². The molecule has 1 saturated heterocycles. The van der Waals surface area contributed by atoms with E-state index < -0.39 is 5.60 Å². The summed E-state index contributed by atoms with van der Waals surface area (Å²) >= 11 is 0. The number of aromatic nitrogens is 2. The fraction of sp³-hybridized carbons (Fsp3) is 0.308. The average Bonchev–Trinajstić information content (AvgIpc) is 2.99. The molecule has 1 fully saturated rings. The zero-order valence-electron chi connectivity index (χ0n) is 18.3. The molecule has 1 spiro atoms. The number of para-hydroxylation sites is 1. The number of nitrogens with one attached hydrogen (secondary N) is 1. The summed E-state index contributed by atoms with van der Waals surface area (Å²) in [5.41, 5.74) is 1.82. The molecule has 0 aliphatic carbocycles. The first kappa shape index (κ1) is 21.1. The number of amides is 2. The molecule has 1 N–H and O–H groups in total. The molecule has 2 aromatic carbocycles. The van der Waals surface area contributed by atoms with E-state index in [0.29, 0.717) is 38.8 Å². The van der Waals surface area contributed by atoms with E-state index in [9.17, 15) is 9.59 Å². The van der Waals surface area contributed by atoms with Gasteiger partial charge < -0.3 is 15.0 Å². The highest BCUT2D eigenvalue weighted by molar-refractivity contribution is 5.92. The first-order chi connectivity index (χ1) is 16.1. The number of nitrogens with zero attached hydrogens (tertiary/aromatic N) is 3. The van der Waals surface area contributed by atoms with Gasteiger partial charge in [0.2, 0.25) is 5.91 Å². The Morgan fingerprint density at radius 1 is 1.09 bits per heavy atom. The van der Waals surface area contributed by atoms with Crippen molar-refractivity contribution in [2.24, 2.45) is 0 Å². The number of hydrogen-bond acceptors (Lipinski definition) is 5. The standard InChI is InChI=1S/C26H26N4O3/c31-24-10-11-26(12-15-30(24)18-19-6-2-1-3-7-19)16-21(20-8-4-5-9-23(20)33-26)29-25(32)22-17-27-13-14-28-22/h1-9,13-14,17,21H,10-12,15-16,18H2,(H,29,32)/t21-,26+/m1/s1. The van der Waals surface area contributed by atoms with Gasteiger partial charge in [-0.25, -0.2) is 4.98 Å². The molecule has 1 aromatic heterocycles. The van der Waals surface area contributed by atoms with E-state index in [2.05, 4.69) is 15.3 Å². The lowest BCUT2D eigenvalue weighted by Crippen LogP contribution is -2.46. The minimum atomic E-state index is -0.518. The van der Waals surface area contributed by atoms with Crippen LogP contribution in [0, 0.1) is 0 Å². The molecule has 2 aliphatic rings. The van der Waals surface area contributed by atoms with Crippen molar-refractivity contribution in [3.05, 3.63) is 90.0 Å². The Labute approximate surface area is 192 Å². The summed E-state index contributed by atoms with van der Waals surface area (Å²) in [6.45, 7) is 1.21. The molecule has 0 saturated carbocycles. The Hall–Kier alpha value is -3.74. The van der Waals surface area contributed by atoms with E-state index in [1.54, 1.807) is 6.20 Å². The lowest BCUT2D eigenvalue weighted by molar-refractivity contribution is -0.131. The van der Waals surface area contributed by atoms with E-state index in [0.717, 1.165) is 16.9 Å². The Bertz CT molecular complexity index is 1140. The van der Waals surface area contributed by atoms with Crippen molar-refractivity contribution in [3.63, 3.8) is 0 Å². The second-order valence-corrected chi connectivity index (χ2v) is 8.69. The summed E-state index contributed by atoms with van der Waals surface area (Å²) in [6.07, 6.45) is 6.84. The second-order valence-electron chi connectivity index (χ2n) is 8.69. The molecule has 0 bridgehead atoms. The van der Waals surface area contributed by atoms with Crippen LogP contribution in [-0.4, -0.2) is 38.8 Å². The van der Waals surface area contributed by atoms with Gasteiger partial charge in [0.05, 0.1) is 12.2 Å². The lowest BCUT2D eigenvalue weighted by atomic mass is 9.82. The van der Waals surface area contributed by atoms with Gasteiger partial charge >= 0.3 is 0 Å². The van der Waals surface area contributed by atoms with Crippen LogP contribution in [0.5, 0.6) is 5.75 Å². The normalized spacial score (nSPS) is 22.2. The van der Waals surface area contributed by atoms with Gasteiger partial charge in [0.25, 0.3) is 5.91 Å². The summed E-state index contributed by atoms with van der Waals surface area (Å²) < 4.78 is 6.55. The van der Waals surface area contributed by atoms with Gasteiger partial charge in [0.1, 0.15) is 17.0 Å². The Morgan fingerprint density at radius 3 is 2.73 bits per heavy atom. The third-order valence-electron chi connectivity index (χ3n) is 6.50. The van der Waals surface area contributed by atoms with Crippen molar-refractivity contribution < 1.29 is 14.3 Å². The third kappa shape index (κ3) is 4.58. The van der Waals surface area contributed by atoms with Gasteiger partial charge in [-0.2, -0.15) is 0 Å². The van der Waals surface area contributed by atoms with Crippen LogP contribution in [0.1, 0.15) is 53.3 Å². The topological polar surface area (TPSA) is 84.4 Å². The Kier molecular flexibility index (Phi) is 5.77. The summed E-state index contributed by atoms with van der Waals surface area (Å²) in [5.74, 6) is 0.630. The van der Waals surface area contributed by atoms with E-state index in [4.69, 9.17) is 4.74 Å². The molecule has 3 heterocycles. The van der Waals surface area contributed by atoms with E-state index in [1.165, 1.54) is 12.4 Å². The van der Waals surface area contributed by atoms with E-state index in [-0.39, 0.29) is 23.6 Å². The van der Waals surface area contributed by atoms with E-state index >= 15 is 0 Å². The summed E-state index contributed by atoms with van der Waals surface area (Å²) in [6, 6.07) is 17.6. The van der Waals surface area contributed by atoms with Crippen molar-refractivity contribution >= 4 is 11.8 Å². The van der Waals surface area contributed by atoms with Crippen LogP contribution in [0.4, 0.5) is 0 Å². The van der Waals surface area contributed by atoms with Gasteiger partial charge in [-0.3, -0.25) is 14.6 Å². The largest absolute Gasteiger partial charge is 0.487 e. The van der Waals surface area contributed by atoms with Crippen LogP contribution in [-0.2, 0) is 11.3 Å². The highest BCUT2D eigenvalue weighted by Crippen LogP contribution is 2.44.